The number of esters is 1. The number of nitrogens with one attached hydrogen (secondary N) is 1. The van der Waals surface area contributed by atoms with Crippen LogP contribution in [0.1, 0.15) is 39.3 Å². The molecule has 4 atom stereocenters. The Balaban J connectivity index is 1.59. The molecule has 1 aromatic rings. The summed E-state index contributed by atoms with van der Waals surface area (Å²) in [4.78, 5) is 42.4. The number of hydrogen-bond donors (Lipinski definition) is 2. The van der Waals surface area contributed by atoms with Gasteiger partial charge in [-0.2, -0.15) is 0 Å². The first-order chi connectivity index (χ1) is 14.5. The first-order valence-corrected chi connectivity index (χ1v) is 10.9. The van der Waals surface area contributed by atoms with Crippen molar-refractivity contribution in [1.82, 2.24) is 15.1 Å². The van der Waals surface area contributed by atoms with Crippen LogP contribution in [0.4, 0.5) is 0 Å². The molecule has 1 aromatic carbocycles. The number of fused-ring (bicyclic) bond motifs is 1. The van der Waals surface area contributed by atoms with Crippen molar-refractivity contribution in [3.63, 3.8) is 0 Å². The number of amides is 2. The molecule has 0 spiro atoms. The van der Waals surface area contributed by atoms with Crippen LogP contribution < -0.4 is 5.32 Å². The molecule has 3 aliphatic heterocycles. The minimum absolute atomic E-state index is 0.117. The van der Waals surface area contributed by atoms with Gasteiger partial charge in [0.2, 0.25) is 11.8 Å². The van der Waals surface area contributed by atoms with Crippen LogP contribution in [-0.4, -0.2) is 74.5 Å². The molecule has 0 aliphatic carbocycles. The SMILES string of the molecule is COCOC(=O)[C@@H]1N2C(=O)[C@H](N3C(=O)[C@H](c4ccc(O)cc4)NC3(C)C)[C@H]2SC1(C)C. The van der Waals surface area contributed by atoms with E-state index in [1.54, 1.807) is 17.0 Å². The van der Waals surface area contributed by atoms with Gasteiger partial charge in [-0.3, -0.25) is 14.9 Å². The van der Waals surface area contributed by atoms with E-state index in [2.05, 4.69) is 5.32 Å². The summed E-state index contributed by atoms with van der Waals surface area (Å²) in [6.45, 7) is 7.33. The molecule has 10 heteroatoms. The van der Waals surface area contributed by atoms with Crippen molar-refractivity contribution in [2.75, 3.05) is 13.9 Å². The topological polar surface area (TPSA) is 108 Å². The van der Waals surface area contributed by atoms with Crippen molar-refractivity contribution < 1.29 is 29.0 Å². The molecule has 0 bridgehead atoms. The van der Waals surface area contributed by atoms with Crippen LogP contribution in [0.15, 0.2) is 24.3 Å². The summed E-state index contributed by atoms with van der Waals surface area (Å²) < 4.78 is 9.39. The van der Waals surface area contributed by atoms with E-state index in [4.69, 9.17) is 9.47 Å². The van der Waals surface area contributed by atoms with Gasteiger partial charge in [0, 0.05) is 11.9 Å². The van der Waals surface area contributed by atoms with E-state index in [0.29, 0.717) is 5.56 Å². The zero-order valence-corrected chi connectivity index (χ0v) is 18.9. The normalized spacial score (nSPS) is 30.9. The molecule has 31 heavy (non-hydrogen) atoms. The van der Waals surface area contributed by atoms with Crippen LogP contribution in [0, 0.1) is 0 Å². The highest BCUT2D eigenvalue weighted by molar-refractivity contribution is 8.01. The quantitative estimate of drug-likeness (QED) is 0.392. The summed E-state index contributed by atoms with van der Waals surface area (Å²) in [5.74, 6) is -0.874. The molecule has 0 aromatic heterocycles. The molecule has 0 unspecified atom stereocenters. The summed E-state index contributed by atoms with van der Waals surface area (Å²) in [5, 5.41) is 12.5. The molecular weight excluding hydrogens is 422 g/mol. The molecule has 2 amide bonds. The second-order valence-electron chi connectivity index (χ2n) is 9.01. The van der Waals surface area contributed by atoms with Gasteiger partial charge in [-0.05, 0) is 45.4 Å². The van der Waals surface area contributed by atoms with Crippen LogP contribution in [0.5, 0.6) is 5.75 Å². The maximum Gasteiger partial charge on any atom is 0.332 e. The minimum atomic E-state index is -0.772. The highest BCUT2D eigenvalue weighted by atomic mass is 32.2. The Labute approximate surface area is 185 Å². The third-order valence-electron chi connectivity index (χ3n) is 6.04. The molecule has 3 aliphatic rings. The number of ether oxygens (including phenoxy) is 2. The first kappa shape index (κ1) is 21.9. The Morgan fingerprint density at radius 1 is 1.16 bits per heavy atom. The fourth-order valence-electron chi connectivity index (χ4n) is 4.68. The number of carbonyl (C=O) groups excluding carboxylic acids is 3. The maximum absolute atomic E-state index is 13.4. The Kier molecular flexibility index (Phi) is 5.22. The number of nitrogens with zero attached hydrogens (tertiary/aromatic N) is 2. The van der Waals surface area contributed by atoms with Gasteiger partial charge in [0.25, 0.3) is 0 Å². The van der Waals surface area contributed by atoms with Crippen molar-refractivity contribution in [3.05, 3.63) is 29.8 Å². The molecule has 9 nitrogen and oxygen atoms in total. The van der Waals surface area contributed by atoms with Crippen molar-refractivity contribution >= 4 is 29.5 Å². The highest BCUT2D eigenvalue weighted by Crippen LogP contribution is 2.54. The number of benzene rings is 1. The Morgan fingerprint density at radius 3 is 2.42 bits per heavy atom. The monoisotopic (exact) mass is 449 g/mol. The van der Waals surface area contributed by atoms with Crippen LogP contribution >= 0.6 is 11.8 Å². The maximum atomic E-state index is 13.4. The van der Waals surface area contributed by atoms with E-state index in [1.165, 1.54) is 35.9 Å². The Bertz CT molecular complexity index is 918. The number of phenolic OH excluding ortho intramolecular Hbond substituents is 1. The number of carbonyl (C=O) groups is 3. The van der Waals surface area contributed by atoms with Crippen LogP contribution in [0.25, 0.3) is 0 Å². The molecule has 3 heterocycles. The van der Waals surface area contributed by atoms with E-state index in [-0.39, 0.29) is 29.7 Å². The lowest BCUT2D eigenvalue weighted by molar-refractivity contribution is -0.176. The van der Waals surface area contributed by atoms with Crippen molar-refractivity contribution in [2.24, 2.45) is 0 Å². The zero-order valence-electron chi connectivity index (χ0n) is 18.1. The fourth-order valence-corrected chi connectivity index (χ4v) is 6.35. The van der Waals surface area contributed by atoms with Gasteiger partial charge in [0.05, 0.1) is 5.66 Å². The Morgan fingerprint density at radius 2 is 1.81 bits per heavy atom. The first-order valence-electron chi connectivity index (χ1n) is 10.0. The standard InChI is InChI=1S/C21H27N3O6S/c1-20(2)15(19(28)30-10-29-5)23-17(27)14(18(23)31-20)24-16(26)13(22-21(24,3)4)11-6-8-12(25)9-7-11/h6-9,13-15,18,22,25H,10H2,1-5H3/t13-,14-,15-,18+/m0/s1. The Hall–Kier alpha value is -2.30. The number of phenols is 1. The van der Waals surface area contributed by atoms with Gasteiger partial charge in [-0.25, -0.2) is 4.79 Å². The van der Waals surface area contributed by atoms with Gasteiger partial charge in [0.15, 0.2) is 6.79 Å². The van der Waals surface area contributed by atoms with E-state index in [1.807, 2.05) is 27.7 Å². The second kappa shape index (κ2) is 7.39. The molecule has 2 N–H and O–H groups in total. The highest BCUT2D eigenvalue weighted by Gasteiger charge is 2.68. The zero-order chi connectivity index (χ0) is 22.7. The lowest BCUT2D eigenvalue weighted by atomic mass is 9.94. The number of methoxy groups -OCH3 is 1. The van der Waals surface area contributed by atoms with Crippen LogP contribution in [0.3, 0.4) is 0 Å². The van der Waals surface area contributed by atoms with Crippen molar-refractivity contribution in [2.45, 2.75) is 61.6 Å². The molecule has 168 valence electrons. The average Bonchev–Trinajstić information content (AvgIpc) is 3.09. The summed E-state index contributed by atoms with van der Waals surface area (Å²) in [7, 11) is 1.42. The van der Waals surface area contributed by atoms with Gasteiger partial charge in [-0.15, -0.1) is 11.8 Å². The molecular formula is C21H27N3O6S. The summed E-state index contributed by atoms with van der Waals surface area (Å²) in [6.07, 6.45) is 0. The lowest BCUT2D eigenvalue weighted by Crippen LogP contribution is -2.73. The van der Waals surface area contributed by atoms with E-state index in [9.17, 15) is 19.5 Å². The summed E-state index contributed by atoms with van der Waals surface area (Å²) in [6, 6.07) is 4.39. The third-order valence-corrected chi connectivity index (χ3v) is 7.60. The fraction of sp³-hybridized carbons (Fsp3) is 0.571. The summed E-state index contributed by atoms with van der Waals surface area (Å²) in [5.41, 5.74) is -0.0618. The number of rotatable bonds is 5. The molecule has 0 radical (unpaired) electrons. The molecule has 3 saturated heterocycles. The van der Waals surface area contributed by atoms with Gasteiger partial charge in [-0.1, -0.05) is 12.1 Å². The smallest absolute Gasteiger partial charge is 0.332 e. The minimum Gasteiger partial charge on any atom is -0.508 e. The molecule has 4 rings (SSSR count). The van der Waals surface area contributed by atoms with E-state index < -0.39 is 34.5 Å². The van der Waals surface area contributed by atoms with Crippen molar-refractivity contribution in [1.29, 1.82) is 0 Å². The van der Waals surface area contributed by atoms with Gasteiger partial charge >= 0.3 is 5.97 Å². The number of hydrogen-bond acceptors (Lipinski definition) is 8. The molecule has 0 saturated carbocycles. The van der Waals surface area contributed by atoms with Gasteiger partial charge < -0.3 is 24.4 Å². The van der Waals surface area contributed by atoms with Crippen LogP contribution in [-0.2, 0) is 23.9 Å². The van der Waals surface area contributed by atoms with Crippen molar-refractivity contribution in [3.8, 4) is 5.75 Å². The lowest BCUT2D eigenvalue weighted by Gasteiger charge is -2.50. The number of aromatic hydroxyl groups is 1. The van der Waals surface area contributed by atoms with Gasteiger partial charge in [0.1, 0.15) is 29.2 Å². The third kappa shape index (κ3) is 3.37. The summed E-state index contributed by atoms with van der Waals surface area (Å²) >= 11 is 1.50. The van der Waals surface area contributed by atoms with E-state index in [0.717, 1.165) is 0 Å². The van der Waals surface area contributed by atoms with Crippen LogP contribution in [0.2, 0.25) is 0 Å². The predicted octanol–water partition coefficient (Wildman–Crippen LogP) is 1.18. The number of β-lactam (4-membered cyclic amide) rings is 1. The van der Waals surface area contributed by atoms with E-state index >= 15 is 0 Å². The average molecular weight is 450 g/mol. The molecule has 3 fully saturated rings. The largest absolute Gasteiger partial charge is 0.508 e. The number of thioether (sulfide) groups is 1. The predicted molar refractivity (Wildman–Crippen MR) is 113 cm³/mol. The second-order valence-corrected chi connectivity index (χ2v) is 10.8.